The monoisotopic (exact) mass is 641 g/mol. The number of benzene rings is 4. The van der Waals surface area contributed by atoms with Crippen molar-refractivity contribution in [1.82, 2.24) is 5.32 Å². The molecule has 0 spiro atoms. The molecule has 4 aromatic rings. The molecule has 0 aliphatic carbocycles. The molecule has 1 amide bonds. The maximum absolute atomic E-state index is 12.4. The average molecular weight is 642 g/mol. The quantitative estimate of drug-likeness (QED) is 0.129. The molecule has 0 radical (unpaired) electrons. The van der Waals surface area contributed by atoms with Crippen LogP contribution in [0.3, 0.4) is 0 Å². The van der Waals surface area contributed by atoms with Crippen LogP contribution in [0.1, 0.15) is 54.9 Å². The molecule has 0 bridgehead atoms. The molecule has 240 valence electrons. The molecule has 1 fully saturated rings. The Morgan fingerprint density at radius 3 is 2.35 bits per heavy atom. The van der Waals surface area contributed by atoms with E-state index in [1.54, 1.807) is 25.8 Å². The largest absolute Gasteiger partial charge is 0.496 e. The fourth-order valence-electron chi connectivity index (χ4n) is 5.35. The van der Waals surface area contributed by atoms with Gasteiger partial charge >= 0.3 is 5.97 Å². The summed E-state index contributed by atoms with van der Waals surface area (Å²) in [6, 6.07) is 31.8. The first kappa shape index (κ1) is 33.2. The number of ether oxygens (including phenoxy) is 4. The molecule has 0 saturated carbocycles. The zero-order valence-electron chi connectivity index (χ0n) is 26.2. The topological polar surface area (TPSA) is 103 Å². The van der Waals surface area contributed by atoms with Crippen molar-refractivity contribution in [2.45, 2.75) is 62.9 Å². The normalized spacial score (nSPS) is 18.4. The number of esters is 1. The van der Waals surface area contributed by atoms with Crippen LogP contribution in [0.5, 0.6) is 5.75 Å². The smallest absolute Gasteiger partial charge is 0.303 e. The van der Waals surface area contributed by atoms with Gasteiger partial charge in [0, 0.05) is 36.1 Å². The zero-order valence-corrected chi connectivity index (χ0v) is 27.0. The van der Waals surface area contributed by atoms with Gasteiger partial charge in [-0.15, -0.1) is 11.8 Å². The number of amides is 1. The summed E-state index contributed by atoms with van der Waals surface area (Å²) in [5, 5.41) is 12.4. The fraction of sp³-hybridized carbons (Fsp3) is 0.297. The van der Waals surface area contributed by atoms with Gasteiger partial charge in [-0.25, -0.2) is 0 Å². The van der Waals surface area contributed by atoms with Crippen LogP contribution in [0.25, 0.3) is 11.1 Å². The third kappa shape index (κ3) is 8.55. The molecule has 1 aliphatic heterocycles. The Kier molecular flexibility index (Phi) is 11.5. The van der Waals surface area contributed by atoms with Crippen LogP contribution in [0, 0.1) is 0 Å². The molecule has 0 aromatic heterocycles. The number of hydrogen-bond donors (Lipinski definition) is 2. The molecule has 4 aromatic carbocycles. The van der Waals surface area contributed by atoms with Crippen molar-refractivity contribution >= 4 is 23.6 Å². The van der Waals surface area contributed by atoms with E-state index in [1.165, 1.54) is 6.92 Å². The lowest BCUT2D eigenvalue weighted by Crippen LogP contribution is -2.35. The van der Waals surface area contributed by atoms with Crippen LogP contribution >= 0.6 is 11.8 Å². The molecule has 9 heteroatoms. The Balaban J connectivity index is 1.33. The third-order valence-electron chi connectivity index (χ3n) is 7.79. The summed E-state index contributed by atoms with van der Waals surface area (Å²) in [7, 11) is 1.68. The van der Waals surface area contributed by atoms with Crippen molar-refractivity contribution in [3.8, 4) is 16.9 Å². The van der Waals surface area contributed by atoms with Gasteiger partial charge in [0.05, 0.1) is 25.9 Å². The van der Waals surface area contributed by atoms with Gasteiger partial charge in [-0.3, -0.25) is 9.59 Å². The van der Waals surface area contributed by atoms with E-state index in [2.05, 4.69) is 5.32 Å². The van der Waals surface area contributed by atoms with Crippen LogP contribution in [0.15, 0.2) is 102 Å². The van der Waals surface area contributed by atoms with Crippen LogP contribution < -0.4 is 10.1 Å². The molecule has 8 nitrogen and oxygen atoms in total. The molecule has 1 saturated heterocycles. The Hall–Kier alpha value is -4.15. The second-order valence-electron chi connectivity index (χ2n) is 11.1. The van der Waals surface area contributed by atoms with Gasteiger partial charge in [0.25, 0.3) is 5.91 Å². The van der Waals surface area contributed by atoms with Gasteiger partial charge in [-0.2, -0.15) is 0 Å². The molecular formula is C37H39NO7S. The molecule has 1 heterocycles. The number of aliphatic hydroxyl groups excluding tert-OH is 1. The number of carbonyl (C=O) groups is 2. The van der Waals surface area contributed by atoms with Crippen molar-refractivity contribution in [2.75, 3.05) is 12.9 Å². The van der Waals surface area contributed by atoms with Crippen molar-refractivity contribution in [3.05, 3.63) is 119 Å². The number of carbonyl (C=O) groups excluding carboxylic acids is 2. The van der Waals surface area contributed by atoms with Crippen molar-refractivity contribution in [1.29, 1.82) is 0 Å². The average Bonchev–Trinajstić information content (AvgIpc) is 3.09. The Bertz CT molecular complexity index is 1610. The number of rotatable bonds is 12. The van der Waals surface area contributed by atoms with Crippen LogP contribution in [0.4, 0.5) is 0 Å². The van der Waals surface area contributed by atoms with Crippen molar-refractivity contribution in [2.24, 2.45) is 0 Å². The van der Waals surface area contributed by atoms with E-state index in [4.69, 9.17) is 18.9 Å². The van der Waals surface area contributed by atoms with Crippen LogP contribution in [0.2, 0.25) is 0 Å². The first-order chi connectivity index (χ1) is 22.3. The van der Waals surface area contributed by atoms with Gasteiger partial charge in [0.2, 0.25) is 0 Å². The second kappa shape index (κ2) is 15.9. The highest BCUT2D eigenvalue weighted by molar-refractivity contribution is 7.99. The summed E-state index contributed by atoms with van der Waals surface area (Å²) in [5.41, 5.74) is 5.68. The molecule has 0 unspecified atom stereocenters. The number of nitrogens with one attached hydrogen (secondary N) is 1. The summed E-state index contributed by atoms with van der Waals surface area (Å²) in [5.74, 6) is 0.702. The molecule has 4 atom stereocenters. The lowest BCUT2D eigenvalue weighted by Gasteiger charge is -2.36. The lowest BCUT2D eigenvalue weighted by molar-refractivity contribution is -0.245. The fourth-order valence-corrected chi connectivity index (χ4v) is 6.40. The van der Waals surface area contributed by atoms with Gasteiger partial charge in [0.15, 0.2) is 12.4 Å². The first-order valence-corrected chi connectivity index (χ1v) is 16.2. The van der Waals surface area contributed by atoms with Gasteiger partial charge in [-0.1, -0.05) is 84.9 Å². The molecule has 46 heavy (non-hydrogen) atoms. The maximum atomic E-state index is 12.4. The van der Waals surface area contributed by atoms with E-state index in [0.29, 0.717) is 13.0 Å². The Morgan fingerprint density at radius 1 is 0.935 bits per heavy atom. The van der Waals surface area contributed by atoms with E-state index in [-0.39, 0.29) is 24.7 Å². The summed E-state index contributed by atoms with van der Waals surface area (Å²) < 4.78 is 23.6. The van der Waals surface area contributed by atoms with Gasteiger partial charge < -0.3 is 29.4 Å². The van der Waals surface area contributed by atoms with Crippen LogP contribution in [-0.2, 0) is 37.0 Å². The standard InChI is InChI=1S/C37H39NO7S/c1-24(43-25(2)40)36(41)38-21-30-8-4-5-9-32(30)27-16-18-29(19-17-27)37-44-31(23-46-35-11-7-6-10-33(35)42-3)20-34(45-37)28-14-12-26(22-39)13-15-28/h4-19,24,31,34,37,39H,20-23H2,1-3H3,(H,38,41)/t24-,31-,34+,37+/m0/s1. The lowest BCUT2D eigenvalue weighted by atomic mass is 9.97. The molecular weight excluding hydrogens is 602 g/mol. The van der Waals surface area contributed by atoms with E-state index in [1.807, 2.05) is 97.1 Å². The van der Waals surface area contributed by atoms with Gasteiger partial charge in [-0.05, 0) is 46.9 Å². The number of hydrogen-bond acceptors (Lipinski definition) is 8. The highest BCUT2D eigenvalue weighted by atomic mass is 32.2. The number of para-hydroxylation sites is 1. The highest BCUT2D eigenvalue weighted by Crippen LogP contribution is 2.41. The Labute approximate surface area is 274 Å². The maximum Gasteiger partial charge on any atom is 0.303 e. The number of methoxy groups -OCH3 is 1. The van der Waals surface area contributed by atoms with E-state index in [9.17, 15) is 14.7 Å². The predicted octanol–water partition coefficient (Wildman–Crippen LogP) is 6.76. The summed E-state index contributed by atoms with van der Waals surface area (Å²) >= 11 is 1.70. The van der Waals surface area contributed by atoms with Crippen molar-refractivity contribution in [3.63, 3.8) is 0 Å². The predicted molar refractivity (Wildman–Crippen MR) is 177 cm³/mol. The minimum atomic E-state index is -0.868. The summed E-state index contributed by atoms with van der Waals surface area (Å²) in [6.45, 7) is 3.11. The van der Waals surface area contributed by atoms with E-state index in [0.717, 1.165) is 49.8 Å². The van der Waals surface area contributed by atoms with Crippen molar-refractivity contribution < 1.29 is 33.6 Å². The summed E-state index contributed by atoms with van der Waals surface area (Å²) in [6.07, 6.45) is -1.04. The number of thioether (sulfide) groups is 1. The summed E-state index contributed by atoms with van der Waals surface area (Å²) in [4.78, 5) is 24.7. The minimum absolute atomic E-state index is 0.00896. The molecule has 1 aliphatic rings. The minimum Gasteiger partial charge on any atom is -0.496 e. The Morgan fingerprint density at radius 2 is 1.63 bits per heavy atom. The highest BCUT2D eigenvalue weighted by Gasteiger charge is 2.32. The van der Waals surface area contributed by atoms with E-state index >= 15 is 0 Å². The first-order valence-electron chi connectivity index (χ1n) is 15.2. The zero-order chi connectivity index (χ0) is 32.5. The third-order valence-corrected chi connectivity index (χ3v) is 8.97. The molecule has 5 rings (SSSR count). The SMILES string of the molecule is COc1ccccc1SC[C@@H]1C[C@H](c2ccc(CO)cc2)O[C@H](c2ccc(-c3ccccc3CNC(=O)[C@H](C)OC(C)=O)cc2)O1. The van der Waals surface area contributed by atoms with Crippen LogP contribution in [-0.4, -0.2) is 42.1 Å². The second-order valence-corrected chi connectivity index (χ2v) is 12.1. The number of aliphatic hydroxyl groups is 1. The van der Waals surface area contributed by atoms with Gasteiger partial charge in [0.1, 0.15) is 5.75 Å². The molecule has 2 N–H and O–H groups in total. The van der Waals surface area contributed by atoms with E-state index < -0.39 is 18.4 Å².